The first-order valence-corrected chi connectivity index (χ1v) is 9.64. The van der Waals surface area contributed by atoms with Crippen LogP contribution in [0.4, 0.5) is 0 Å². The minimum Gasteiger partial charge on any atom is -0.496 e. The average Bonchev–Trinajstić information content (AvgIpc) is 3.36. The van der Waals surface area contributed by atoms with Crippen LogP contribution < -0.4 is 9.47 Å². The number of ether oxygens (including phenoxy) is 2. The molecule has 1 aliphatic heterocycles. The average molecular weight is 393 g/mol. The van der Waals surface area contributed by atoms with Crippen LogP contribution in [-0.4, -0.2) is 41.2 Å². The molecule has 1 unspecified atom stereocenters. The summed E-state index contributed by atoms with van der Waals surface area (Å²) in [5.74, 6) is 2.39. The predicted molar refractivity (Wildman–Crippen MR) is 107 cm³/mol. The van der Waals surface area contributed by atoms with Gasteiger partial charge in [-0.25, -0.2) is 0 Å². The molecule has 1 amide bonds. The van der Waals surface area contributed by atoms with Gasteiger partial charge in [-0.2, -0.15) is 4.98 Å². The van der Waals surface area contributed by atoms with E-state index in [4.69, 9.17) is 14.0 Å². The van der Waals surface area contributed by atoms with E-state index in [1.54, 1.807) is 7.11 Å². The Labute approximate surface area is 169 Å². The van der Waals surface area contributed by atoms with Crippen molar-refractivity contribution in [3.8, 4) is 22.9 Å². The molecule has 1 aromatic heterocycles. The molecule has 2 aromatic carbocycles. The third-order valence-corrected chi connectivity index (χ3v) is 4.94. The van der Waals surface area contributed by atoms with E-state index >= 15 is 0 Å². The smallest absolute Gasteiger partial charge is 0.232 e. The van der Waals surface area contributed by atoms with Gasteiger partial charge in [-0.15, -0.1) is 0 Å². The highest BCUT2D eigenvalue weighted by Crippen LogP contribution is 2.32. The first-order valence-electron chi connectivity index (χ1n) is 9.64. The zero-order valence-electron chi connectivity index (χ0n) is 16.5. The van der Waals surface area contributed by atoms with Crippen molar-refractivity contribution in [3.05, 3.63) is 60.0 Å². The molecule has 0 saturated carbocycles. The molecule has 7 nitrogen and oxygen atoms in total. The number of benzene rings is 2. The van der Waals surface area contributed by atoms with Crippen molar-refractivity contribution < 1.29 is 18.8 Å². The molecule has 1 saturated heterocycles. The minimum atomic E-state index is -0.117. The van der Waals surface area contributed by atoms with Crippen molar-refractivity contribution in [2.45, 2.75) is 25.8 Å². The van der Waals surface area contributed by atoms with E-state index in [1.807, 2.05) is 60.4 Å². The number of aromatic nitrogens is 2. The van der Waals surface area contributed by atoms with Gasteiger partial charge in [0.15, 0.2) is 0 Å². The summed E-state index contributed by atoms with van der Waals surface area (Å²) in [6.07, 6.45) is 0.360. The largest absolute Gasteiger partial charge is 0.496 e. The van der Waals surface area contributed by atoms with E-state index in [0.29, 0.717) is 43.6 Å². The SMILES string of the molecule is CCOc1cccc(CN2CC(c3nc(-c4ccccc4OC)no3)CC2=O)c1. The minimum absolute atomic E-state index is 0.0776. The number of amides is 1. The van der Waals surface area contributed by atoms with Crippen LogP contribution in [0.15, 0.2) is 53.1 Å². The summed E-state index contributed by atoms with van der Waals surface area (Å²) in [5, 5.41) is 4.09. The van der Waals surface area contributed by atoms with Gasteiger partial charge in [-0.1, -0.05) is 29.4 Å². The van der Waals surface area contributed by atoms with Crippen LogP contribution in [0.1, 0.15) is 30.7 Å². The summed E-state index contributed by atoms with van der Waals surface area (Å²) in [7, 11) is 1.61. The molecule has 150 valence electrons. The molecule has 1 aliphatic rings. The van der Waals surface area contributed by atoms with Crippen molar-refractivity contribution in [1.29, 1.82) is 0 Å². The fourth-order valence-corrected chi connectivity index (χ4v) is 3.55. The molecule has 1 atom stereocenters. The number of carbonyl (C=O) groups excluding carboxylic acids is 1. The Hall–Kier alpha value is -3.35. The van der Waals surface area contributed by atoms with Crippen LogP contribution in [0.3, 0.4) is 0 Å². The Bertz CT molecular complexity index is 1000. The first kappa shape index (κ1) is 19.0. The van der Waals surface area contributed by atoms with E-state index in [2.05, 4.69) is 10.1 Å². The van der Waals surface area contributed by atoms with Gasteiger partial charge in [0.2, 0.25) is 17.6 Å². The number of hydrogen-bond acceptors (Lipinski definition) is 6. The lowest BCUT2D eigenvalue weighted by atomic mass is 10.1. The second-order valence-corrected chi connectivity index (χ2v) is 6.91. The molecule has 4 rings (SSSR count). The summed E-state index contributed by atoms with van der Waals surface area (Å²) in [6.45, 7) is 3.64. The van der Waals surface area contributed by atoms with Crippen LogP contribution in [-0.2, 0) is 11.3 Å². The summed E-state index contributed by atoms with van der Waals surface area (Å²) in [4.78, 5) is 18.9. The monoisotopic (exact) mass is 393 g/mol. The van der Waals surface area contributed by atoms with Crippen molar-refractivity contribution in [3.63, 3.8) is 0 Å². The number of hydrogen-bond donors (Lipinski definition) is 0. The standard InChI is InChI=1S/C22H23N3O4/c1-3-28-17-8-6-7-15(11-17)13-25-14-16(12-20(25)26)22-23-21(24-29-22)18-9-4-5-10-19(18)27-2/h4-11,16H,3,12-14H2,1-2H3. The van der Waals surface area contributed by atoms with Gasteiger partial charge in [-0.3, -0.25) is 4.79 Å². The van der Waals surface area contributed by atoms with Crippen LogP contribution in [0, 0.1) is 0 Å². The molecule has 0 bridgehead atoms. The Balaban J connectivity index is 1.47. The van der Waals surface area contributed by atoms with Crippen molar-refractivity contribution in [2.75, 3.05) is 20.3 Å². The maximum atomic E-state index is 12.5. The van der Waals surface area contributed by atoms with Gasteiger partial charge in [0.05, 0.1) is 25.2 Å². The second kappa shape index (κ2) is 8.34. The Morgan fingerprint density at radius 2 is 2.07 bits per heavy atom. The van der Waals surface area contributed by atoms with Gasteiger partial charge in [0.1, 0.15) is 11.5 Å². The topological polar surface area (TPSA) is 77.7 Å². The zero-order valence-corrected chi connectivity index (χ0v) is 16.5. The van der Waals surface area contributed by atoms with Gasteiger partial charge in [0.25, 0.3) is 0 Å². The van der Waals surface area contributed by atoms with Crippen LogP contribution in [0.25, 0.3) is 11.4 Å². The molecule has 0 aliphatic carbocycles. The van der Waals surface area contributed by atoms with Crippen LogP contribution in [0.2, 0.25) is 0 Å². The van der Waals surface area contributed by atoms with E-state index in [0.717, 1.165) is 16.9 Å². The van der Waals surface area contributed by atoms with Gasteiger partial charge >= 0.3 is 0 Å². The van der Waals surface area contributed by atoms with E-state index < -0.39 is 0 Å². The first-order chi connectivity index (χ1) is 14.2. The van der Waals surface area contributed by atoms with Gasteiger partial charge < -0.3 is 18.9 Å². The van der Waals surface area contributed by atoms with Crippen molar-refractivity contribution >= 4 is 5.91 Å². The summed E-state index contributed by atoms with van der Waals surface area (Å²) >= 11 is 0. The summed E-state index contributed by atoms with van der Waals surface area (Å²) in [6, 6.07) is 15.3. The van der Waals surface area contributed by atoms with E-state index in [-0.39, 0.29) is 11.8 Å². The lowest BCUT2D eigenvalue weighted by Gasteiger charge is -2.16. The number of likely N-dealkylation sites (tertiary alicyclic amines) is 1. The number of methoxy groups -OCH3 is 1. The number of rotatable bonds is 7. The molecule has 0 N–H and O–H groups in total. The molecular weight excluding hydrogens is 370 g/mol. The normalized spacial score (nSPS) is 16.3. The number of carbonyl (C=O) groups is 1. The molecule has 1 fully saturated rings. The van der Waals surface area contributed by atoms with E-state index in [1.165, 1.54) is 0 Å². The van der Waals surface area contributed by atoms with Crippen molar-refractivity contribution in [2.24, 2.45) is 0 Å². The highest BCUT2D eigenvalue weighted by molar-refractivity contribution is 5.79. The predicted octanol–water partition coefficient (Wildman–Crippen LogP) is 3.66. The summed E-state index contributed by atoms with van der Waals surface area (Å²) < 4.78 is 16.4. The Kier molecular flexibility index (Phi) is 5.46. The summed E-state index contributed by atoms with van der Waals surface area (Å²) in [5.41, 5.74) is 1.80. The van der Waals surface area contributed by atoms with E-state index in [9.17, 15) is 4.79 Å². The molecule has 3 aromatic rings. The fourth-order valence-electron chi connectivity index (χ4n) is 3.55. The Morgan fingerprint density at radius 3 is 2.90 bits per heavy atom. The molecule has 0 radical (unpaired) electrons. The highest BCUT2D eigenvalue weighted by Gasteiger charge is 2.34. The lowest BCUT2D eigenvalue weighted by Crippen LogP contribution is -2.24. The molecule has 29 heavy (non-hydrogen) atoms. The molecular formula is C22H23N3O4. The maximum absolute atomic E-state index is 12.5. The highest BCUT2D eigenvalue weighted by atomic mass is 16.5. The maximum Gasteiger partial charge on any atom is 0.232 e. The third kappa shape index (κ3) is 4.08. The quantitative estimate of drug-likeness (QED) is 0.610. The number of nitrogens with zero attached hydrogens (tertiary/aromatic N) is 3. The lowest BCUT2D eigenvalue weighted by molar-refractivity contribution is -0.128. The fraction of sp³-hybridized carbons (Fsp3) is 0.318. The third-order valence-electron chi connectivity index (χ3n) is 4.94. The zero-order chi connectivity index (χ0) is 20.2. The second-order valence-electron chi connectivity index (χ2n) is 6.91. The molecule has 2 heterocycles. The molecule has 0 spiro atoms. The number of para-hydroxylation sites is 1. The molecule has 7 heteroatoms. The van der Waals surface area contributed by atoms with Crippen LogP contribution >= 0.6 is 0 Å². The van der Waals surface area contributed by atoms with Crippen LogP contribution in [0.5, 0.6) is 11.5 Å². The van der Waals surface area contributed by atoms with Gasteiger partial charge in [0, 0.05) is 19.5 Å². The van der Waals surface area contributed by atoms with Crippen molar-refractivity contribution in [1.82, 2.24) is 15.0 Å². The Morgan fingerprint density at radius 1 is 1.21 bits per heavy atom. The van der Waals surface area contributed by atoms with Gasteiger partial charge in [-0.05, 0) is 36.8 Å².